The Bertz CT molecular complexity index is 102. The number of hydrogen-bond donors (Lipinski definition) is 3. The van der Waals surface area contributed by atoms with E-state index in [1.807, 2.05) is 0 Å². The summed E-state index contributed by atoms with van der Waals surface area (Å²) in [6.45, 7) is 3.67. The van der Waals surface area contributed by atoms with Gasteiger partial charge in [0, 0.05) is 12.0 Å². The molecule has 11 heavy (non-hydrogen) atoms. The molecule has 1 atom stereocenters. The minimum Gasteiger partial charge on any atom is -0.396 e. The molecule has 0 aromatic carbocycles. The molecular weight excluding hydrogens is 144 g/mol. The highest BCUT2D eigenvalue weighted by Crippen LogP contribution is 2.22. The Balaban J connectivity index is 3.71. The average molecular weight is 162 g/mol. The molecule has 3 heteroatoms. The monoisotopic (exact) mass is 162 g/mol. The first-order valence-corrected chi connectivity index (χ1v) is 3.94. The Kier molecular flexibility index (Phi) is 4.65. The molecule has 0 aliphatic heterocycles. The molecule has 0 aromatic rings. The van der Waals surface area contributed by atoms with Gasteiger partial charge in [0.15, 0.2) is 0 Å². The van der Waals surface area contributed by atoms with E-state index >= 15 is 0 Å². The van der Waals surface area contributed by atoms with E-state index in [4.69, 9.17) is 10.2 Å². The molecule has 0 bridgehead atoms. The lowest BCUT2D eigenvalue weighted by Crippen LogP contribution is -2.32. The number of rotatable bonds is 5. The third kappa shape index (κ3) is 3.70. The fourth-order valence-corrected chi connectivity index (χ4v) is 0.781. The van der Waals surface area contributed by atoms with Crippen LogP contribution in [0.25, 0.3) is 0 Å². The Hall–Kier alpha value is -0.120. The van der Waals surface area contributed by atoms with Gasteiger partial charge in [-0.3, -0.25) is 0 Å². The lowest BCUT2D eigenvalue weighted by Gasteiger charge is -2.27. The molecule has 0 radical (unpaired) electrons. The maximum atomic E-state index is 9.44. The highest BCUT2D eigenvalue weighted by Gasteiger charge is 2.25. The Morgan fingerprint density at radius 1 is 1.27 bits per heavy atom. The van der Waals surface area contributed by atoms with E-state index in [0.29, 0.717) is 12.8 Å². The van der Waals surface area contributed by atoms with E-state index < -0.39 is 11.5 Å². The molecule has 3 N–H and O–H groups in total. The van der Waals surface area contributed by atoms with Gasteiger partial charge in [-0.15, -0.1) is 0 Å². The van der Waals surface area contributed by atoms with Crippen LogP contribution in [0.15, 0.2) is 0 Å². The lowest BCUT2D eigenvalue weighted by atomic mass is 9.85. The third-order valence-electron chi connectivity index (χ3n) is 1.95. The van der Waals surface area contributed by atoms with Crippen LogP contribution in [-0.2, 0) is 0 Å². The molecule has 0 aliphatic rings. The summed E-state index contributed by atoms with van der Waals surface area (Å²) in [5.74, 6) is 0. The first kappa shape index (κ1) is 10.9. The average Bonchev–Trinajstić information content (AvgIpc) is 2.00. The van der Waals surface area contributed by atoms with Gasteiger partial charge >= 0.3 is 0 Å². The van der Waals surface area contributed by atoms with Crippen molar-refractivity contribution < 1.29 is 15.3 Å². The van der Waals surface area contributed by atoms with Crippen molar-refractivity contribution in [2.24, 2.45) is 5.41 Å². The molecule has 0 heterocycles. The first-order chi connectivity index (χ1) is 5.04. The topological polar surface area (TPSA) is 60.7 Å². The maximum Gasteiger partial charge on any atom is 0.0613 e. The molecule has 0 saturated carbocycles. The summed E-state index contributed by atoms with van der Waals surface area (Å²) in [4.78, 5) is 0. The lowest BCUT2D eigenvalue weighted by molar-refractivity contribution is -0.000567. The molecular formula is C8H18O3. The van der Waals surface area contributed by atoms with Gasteiger partial charge in [-0.1, -0.05) is 13.8 Å². The summed E-state index contributed by atoms with van der Waals surface area (Å²) >= 11 is 0. The van der Waals surface area contributed by atoms with E-state index in [1.165, 1.54) is 0 Å². The van der Waals surface area contributed by atoms with Gasteiger partial charge in [0.1, 0.15) is 0 Å². The smallest absolute Gasteiger partial charge is 0.0613 e. The second kappa shape index (κ2) is 4.70. The molecule has 0 spiro atoms. The van der Waals surface area contributed by atoms with Gasteiger partial charge in [-0.2, -0.15) is 0 Å². The molecule has 0 rings (SSSR count). The zero-order valence-electron chi connectivity index (χ0n) is 7.25. The van der Waals surface area contributed by atoms with E-state index in [-0.39, 0.29) is 13.2 Å². The van der Waals surface area contributed by atoms with Gasteiger partial charge < -0.3 is 15.3 Å². The second-order valence-electron chi connectivity index (χ2n) is 3.53. The van der Waals surface area contributed by atoms with Crippen molar-refractivity contribution in [3.63, 3.8) is 0 Å². The normalized spacial score (nSPS) is 15.0. The van der Waals surface area contributed by atoms with Crippen LogP contribution in [-0.4, -0.2) is 34.6 Å². The highest BCUT2D eigenvalue weighted by molar-refractivity contribution is 4.76. The second-order valence-corrected chi connectivity index (χ2v) is 3.53. The Morgan fingerprint density at radius 2 is 1.82 bits per heavy atom. The summed E-state index contributed by atoms with van der Waals surface area (Å²) in [5.41, 5.74) is -0.449. The van der Waals surface area contributed by atoms with Gasteiger partial charge in [-0.05, 0) is 12.8 Å². The van der Waals surface area contributed by atoms with Gasteiger partial charge in [0.05, 0.1) is 12.7 Å². The fourth-order valence-electron chi connectivity index (χ4n) is 0.781. The van der Waals surface area contributed by atoms with Crippen LogP contribution in [0, 0.1) is 5.41 Å². The van der Waals surface area contributed by atoms with E-state index in [9.17, 15) is 5.11 Å². The quantitative estimate of drug-likeness (QED) is 0.539. The highest BCUT2D eigenvalue weighted by atomic mass is 16.3. The minimum atomic E-state index is -0.528. The van der Waals surface area contributed by atoms with Crippen molar-refractivity contribution in [1.82, 2.24) is 0 Å². The summed E-state index contributed by atoms with van der Waals surface area (Å²) < 4.78 is 0. The maximum absolute atomic E-state index is 9.44. The van der Waals surface area contributed by atoms with Crippen LogP contribution in [0.5, 0.6) is 0 Å². The molecule has 0 saturated heterocycles. The first-order valence-electron chi connectivity index (χ1n) is 3.94. The molecule has 0 fully saturated rings. The van der Waals surface area contributed by atoms with Crippen LogP contribution in [0.2, 0.25) is 0 Å². The van der Waals surface area contributed by atoms with Crippen molar-refractivity contribution in [1.29, 1.82) is 0 Å². The van der Waals surface area contributed by atoms with Crippen LogP contribution in [0.4, 0.5) is 0 Å². The number of aliphatic hydroxyl groups excluding tert-OH is 3. The largest absolute Gasteiger partial charge is 0.396 e. The van der Waals surface area contributed by atoms with Crippen molar-refractivity contribution in [2.75, 3.05) is 13.2 Å². The summed E-state index contributed by atoms with van der Waals surface area (Å²) in [6.07, 6.45) is 0.605. The van der Waals surface area contributed by atoms with E-state index in [0.717, 1.165) is 0 Å². The fraction of sp³-hybridized carbons (Fsp3) is 1.00. The summed E-state index contributed by atoms with van der Waals surface area (Å²) in [6, 6.07) is 0. The zero-order chi connectivity index (χ0) is 8.91. The van der Waals surface area contributed by atoms with Crippen molar-refractivity contribution in [2.45, 2.75) is 32.8 Å². The summed E-state index contributed by atoms with van der Waals surface area (Å²) in [5, 5.41) is 26.8. The molecule has 0 amide bonds. The molecule has 1 unspecified atom stereocenters. The SMILES string of the molecule is CC(C)(CO)C(O)CCCO. The number of hydrogen-bond acceptors (Lipinski definition) is 3. The molecule has 0 aromatic heterocycles. The van der Waals surface area contributed by atoms with Gasteiger partial charge in [0.2, 0.25) is 0 Å². The van der Waals surface area contributed by atoms with Crippen LogP contribution >= 0.6 is 0 Å². The molecule has 68 valence electrons. The number of aliphatic hydroxyl groups is 3. The van der Waals surface area contributed by atoms with Crippen molar-refractivity contribution in [3.8, 4) is 0 Å². The minimum absolute atomic E-state index is 0.0282. The Morgan fingerprint density at radius 3 is 2.18 bits per heavy atom. The van der Waals surface area contributed by atoms with Gasteiger partial charge in [0.25, 0.3) is 0 Å². The predicted molar refractivity (Wildman–Crippen MR) is 43.2 cm³/mol. The van der Waals surface area contributed by atoms with Crippen LogP contribution < -0.4 is 0 Å². The van der Waals surface area contributed by atoms with Crippen molar-refractivity contribution in [3.05, 3.63) is 0 Å². The van der Waals surface area contributed by atoms with Crippen LogP contribution in [0.1, 0.15) is 26.7 Å². The predicted octanol–water partition coefficient (Wildman–Crippen LogP) is 0.138. The third-order valence-corrected chi connectivity index (χ3v) is 1.95. The standard InChI is InChI=1S/C8H18O3/c1-8(2,6-10)7(11)4-3-5-9/h7,9-11H,3-6H2,1-2H3. The Labute approximate surface area is 67.7 Å². The van der Waals surface area contributed by atoms with E-state index in [2.05, 4.69) is 0 Å². The molecule has 3 nitrogen and oxygen atoms in total. The van der Waals surface area contributed by atoms with Crippen LogP contribution in [0.3, 0.4) is 0 Å². The molecule has 0 aliphatic carbocycles. The van der Waals surface area contributed by atoms with Gasteiger partial charge in [-0.25, -0.2) is 0 Å². The zero-order valence-corrected chi connectivity index (χ0v) is 7.25. The van der Waals surface area contributed by atoms with Crippen molar-refractivity contribution >= 4 is 0 Å². The summed E-state index contributed by atoms with van der Waals surface area (Å²) in [7, 11) is 0. The van der Waals surface area contributed by atoms with E-state index in [1.54, 1.807) is 13.8 Å².